The quantitative estimate of drug-likeness (QED) is 0.607. The molecule has 0 unspecified atom stereocenters. The van der Waals surface area contributed by atoms with E-state index in [1.165, 1.54) is 10.9 Å². The van der Waals surface area contributed by atoms with Gasteiger partial charge in [0.1, 0.15) is 11.9 Å². The van der Waals surface area contributed by atoms with E-state index in [0.717, 1.165) is 12.2 Å². The number of nitrogens with zero attached hydrogens (tertiary/aromatic N) is 5. The number of carbonyl (C=O) groups is 1. The fraction of sp³-hybridized carbons (Fsp3) is 0.462. The summed E-state index contributed by atoms with van der Waals surface area (Å²) in [6.07, 6.45) is 3.24. The molecule has 2 heterocycles. The first-order valence-electron chi connectivity index (χ1n) is 6.97. The highest BCUT2D eigenvalue weighted by molar-refractivity contribution is 5.75. The molecule has 2 rings (SSSR count). The normalized spacial score (nSPS) is 10.6. The molecule has 0 spiro atoms. The van der Waals surface area contributed by atoms with Crippen LogP contribution in [0.2, 0.25) is 0 Å². The zero-order valence-corrected chi connectivity index (χ0v) is 12.5. The standard InChI is InChI=1S/C13H18N6O3/c1-3-18-11(4-6-15-18)8-14-13(20)5-7-17-9-12(19(21)22)10(2)16-17/h4,6,9H,3,5,7-8H2,1-2H3,(H,14,20). The second-order valence-corrected chi connectivity index (χ2v) is 4.78. The van der Waals surface area contributed by atoms with Crippen LogP contribution in [0.1, 0.15) is 24.7 Å². The molecule has 0 aliphatic carbocycles. The third kappa shape index (κ3) is 3.68. The Labute approximate surface area is 127 Å². The van der Waals surface area contributed by atoms with Crippen molar-refractivity contribution in [1.82, 2.24) is 24.9 Å². The van der Waals surface area contributed by atoms with Gasteiger partial charge in [-0.2, -0.15) is 10.2 Å². The predicted molar refractivity (Wildman–Crippen MR) is 78.0 cm³/mol. The summed E-state index contributed by atoms with van der Waals surface area (Å²) in [5.74, 6) is -0.139. The van der Waals surface area contributed by atoms with Crippen molar-refractivity contribution in [3.05, 3.63) is 40.0 Å². The minimum atomic E-state index is -0.481. The molecule has 118 valence electrons. The minimum absolute atomic E-state index is 0.0349. The summed E-state index contributed by atoms with van der Waals surface area (Å²) < 4.78 is 3.23. The van der Waals surface area contributed by atoms with Gasteiger partial charge in [0.05, 0.1) is 17.2 Å². The first-order valence-corrected chi connectivity index (χ1v) is 6.97. The van der Waals surface area contributed by atoms with Gasteiger partial charge in [-0.15, -0.1) is 0 Å². The maximum absolute atomic E-state index is 11.8. The highest BCUT2D eigenvalue weighted by atomic mass is 16.6. The maximum atomic E-state index is 11.8. The van der Waals surface area contributed by atoms with Gasteiger partial charge in [-0.3, -0.25) is 24.3 Å². The SMILES string of the molecule is CCn1nccc1CNC(=O)CCn1cc([N+](=O)[O-])c(C)n1. The predicted octanol–water partition coefficient (Wildman–Crippen LogP) is 1.02. The van der Waals surface area contributed by atoms with Crippen molar-refractivity contribution in [2.75, 3.05) is 0 Å². The Kier molecular flexibility index (Phi) is 4.87. The molecule has 0 saturated carbocycles. The monoisotopic (exact) mass is 306 g/mol. The molecular weight excluding hydrogens is 288 g/mol. The molecule has 0 aliphatic heterocycles. The largest absolute Gasteiger partial charge is 0.350 e. The van der Waals surface area contributed by atoms with E-state index in [1.807, 2.05) is 13.0 Å². The number of nitro groups is 1. The first-order chi connectivity index (χ1) is 10.5. The van der Waals surface area contributed by atoms with Crippen LogP contribution in [0, 0.1) is 17.0 Å². The third-order valence-electron chi connectivity index (χ3n) is 3.26. The summed E-state index contributed by atoms with van der Waals surface area (Å²) in [7, 11) is 0. The Balaban J connectivity index is 1.83. The molecule has 2 aromatic heterocycles. The van der Waals surface area contributed by atoms with Crippen LogP contribution in [0.4, 0.5) is 5.69 Å². The average Bonchev–Trinajstić information content (AvgIpc) is 3.08. The van der Waals surface area contributed by atoms with Crippen molar-refractivity contribution in [2.45, 2.75) is 39.9 Å². The van der Waals surface area contributed by atoms with E-state index >= 15 is 0 Å². The van der Waals surface area contributed by atoms with E-state index in [4.69, 9.17) is 0 Å². The van der Waals surface area contributed by atoms with E-state index < -0.39 is 4.92 Å². The molecule has 0 bridgehead atoms. The van der Waals surface area contributed by atoms with Gasteiger partial charge in [0.25, 0.3) is 0 Å². The Hall–Kier alpha value is -2.71. The number of aryl methyl sites for hydroxylation is 3. The second-order valence-electron chi connectivity index (χ2n) is 4.78. The highest BCUT2D eigenvalue weighted by Crippen LogP contribution is 2.15. The topological polar surface area (TPSA) is 108 Å². The van der Waals surface area contributed by atoms with Crippen LogP contribution in [0.15, 0.2) is 18.5 Å². The summed E-state index contributed by atoms with van der Waals surface area (Å²) >= 11 is 0. The van der Waals surface area contributed by atoms with Crippen molar-refractivity contribution >= 4 is 11.6 Å². The Morgan fingerprint density at radius 3 is 2.91 bits per heavy atom. The number of rotatable bonds is 7. The van der Waals surface area contributed by atoms with Gasteiger partial charge in [-0.1, -0.05) is 0 Å². The van der Waals surface area contributed by atoms with Crippen molar-refractivity contribution in [1.29, 1.82) is 0 Å². The molecular formula is C13H18N6O3. The lowest BCUT2D eigenvalue weighted by molar-refractivity contribution is -0.385. The maximum Gasteiger partial charge on any atom is 0.309 e. The first kappa shape index (κ1) is 15.7. The zero-order valence-electron chi connectivity index (χ0n) is 12.5. The Bertz CT molecular complexity index is 675. The Morgan fingerprint density at radius 2 is 2.27 bits per heavy atom. The van der Waals surface area contributed by atoms with Gasteiger partial charge in [0.2, 0.25) is 5.91 Å². The van der Waals surface area contributed by atoms with Crippen LogP contribution in [0.5, 0.6) is 0 Å². The van der Waals surface area contributed by atoms with E-state index in [1.54, 1.807) is 17.8 Å². The van der Waals surface area contributed by atoms with E-state index in [2.05, 4.69) is 15.5 Å². The summed E-state index contributed by atoms with van der Waals surface area (Å²) in [6, 6.07) is 1.85. The molecule has 9 nitrogen and oxygen atoms in total. The van der Waals surface area contributed by atoms with Gasteiger partial charge >= 0.3 is 5.69 Å². The highest BCUT2D eigenvalue weighted by Gasteiger charge is 2.15. The van der Waals surface area contributed by atoms with E-state index in [-0.39, 0.29) is 18.0 Å². The average molecular weight is 306 g/mol. The molecule has 0 radical (unpaired) electrons. The smallest absolute Gasteiger partial charge is 0.309 e. The Morgan fingerprint density at radius 1 is 1.50 bits per heavy atom. The number of aromatic nitrogens is 4. The molecule has 0 saturated heterocycles. The number of amides is 1. The van der Waals surface area contributed by atoms with Crippen LogP contribution in [-0.2, 0) is 24.4 Å². The zero-order chi connectivity index (χ0) is 16.1. The summed E-state index contributed by atoms with van der Waals surface area (Å²) in [4.78, 5) is 22.1. The molecule has 22 heavy (non-hydrogen) atoms. The molecule has 2 aromatic rings. The third-order valence-corrected chi connectivity index (χ3v) is 3.26. The molecule has 1 N–H and O–H groups in total. The molecule has 0 atom stereocenters. The van der Waals surface area contributed by atoms with Crippen molar-refractivity contribution in [3.63, 3.8) is 0 Å². The van der Waals surface area contributed by atoms with E-state index in [9.17, 15) is 14.9 Å². The lowest BCUT2D eigenvalue weighted by Crippen LogP contribution is -2.25. The van der Waals surface area contributed by atoms with Gasteiger partial charge in [0.15, 0.2) is 0 Å². The lowest BCUT2D eigenvalue weighted by Gasteiger charge is -2.07. The lowest BCUT2D eigenvalue weighted by atomic mass is 10.3. The van der Waals surface area contributed by atoms with Crippen LogP contribution in [-0.4, -0.2) is 30.4 Å². The number of hydrogen-bond donors (Lipinski definition) is 1. The number of carbonyl (C=O) groups excluding carboxylic acids is 1. The van der Waals surface area contributed by atoms with Gasteiger partial charge in [0, 0.05) is 25.7 Å². The van der Waals surface area contributed by atoms with Gasteiger partial charge in [-0.25, -0.2) is 0 Å². The van der Waals surface area contributed by atoms with Gasteiger partial charge in [-0.05, 0) is 19.9 Å². The second kappa shape index (κ2) is 6.83. The van der Waals surface area contributed by atoms with Crippen LogP contribution in [0.3, 0.4) is 0 Å². The van der Waals surface area contributed by atoms with Crippen LogP contribution in [0.25, 0.3) is 0 Å². The summed E-state index contributed by atoms with van der Waals surface area (Å²) in [5, 5.41) is 21.7. The number of nitrogens with one attached hydrogen (secondary N) is 1. The summed E-state index contributed by atoms with van der Waals surface area (Å²) in [5.41, 5.74) is 1.24. The van der Waals surface area contributed by atoms with Gasteiger partial charge < -0.3 is 5.32 Å². The summed E-state index contributed by atoms with van der Waals surface area (Å²) in [6.45, 7) is 5.00. The van der Waals surface area contributed by atoms with Crippen molar-refractivity contribution in [3.8, 4) is 0 Å². The van der Waals surface area contributed by atoms with Crippen molar-refractivity contribution < 1.29 is 9.72 Å². The van der Waals surface area contributed by atoms with Crippen LogP contribution >= 0.6 is 0 Å². The molecule has 9 heteroatoms. The van der Waals surface area contributed by atoms with Crippen LogP contribution < -0.4 is 5.32 Å². The number of hydrogen-bond acceptors (Lipinski definition) is 5. The van der Waals surface area contributed by atoms with Crippen molar-refractivity contribution in [2.24, 2.45) is 0 Å². The molecule has 0 aliphatic rings. The minimum Gasteiger partial charge on any atom is -0.350 e. The molecule has 0 fully saturated rings. The fourth-order valence-corrected chi connectivity index (χ4v) is 2.09. The molecule has 0 aromatic carbocycles. The fourth-order valence-electron chi connectivity index (χ4n) is 2.09. The molecule has 1 amide bonds. The van der Waals surface area contributed by atoms with E-state index in [0.29, 0.717) is 18.8 Å².